The molecule has 0 aliphatic carbocycles. The van der Waals surface area contributed by atoms with Gasteiger partial charge in [0.1, 0.15) is 12.4 Å². The van der Waals surface area contributed by atoms with Crippen LogP contribution in [0, 0.1) is 0 Å². The molecule has 0 saturated heterocycles. The molecule has 3 nitrogen and oxygen atoms in total. The van der Waals surface area contributed by atoms with E-state index in [9.17, 15) is 18.0 Å². The number of halogens is 3. The Hall–Kier alpha value is -2.50. The lowest BCUT2D eigenvalue weighted by Crippen LogP contribution is -2.46. The molecule has 2 aromatic carbocycles. The molecular formula is C17H16F3NO2. The van der Waals surface area contributed by atoms with Gasteiger partial charge in [0.15, 0.2) is 0 Å². The van der Waals surface area contributed by atoms with Gasteiger partial charge in [0.2, 0.25) is 0 Å². The van der Waals surface area contributed by atoms with Crippen LogP contribution in [-0.2, 0) is 11.2 Å². The zero-order valence-corrected chi connectivity index (χ0v) is 12.2. The lowest BCUT2D eigenvalue weighted by atomic mass is 10.1. The molecule has 0 saturated carbocycles. The van der Waals surface area contributed by atoms with Crippen LogP contribution in [0.25, 0.3) is 0 Å². The van der Waals surface area contributed by atoms with Crippen molar-refractivity contribution >= 4 is 5.91 Å². The smallest absolute Gasteiger partial charge is 0.471 e. The summed E-state index contributed by atoms with van der Waals surface area (Å²) in [6, 6.07) is 16.9. The first-order valence-electron chi connectivity index (χ1n) is 7.04. The van der Waals surface area contributed by atoms with Gasteiger partial charge >= 0.3 is 12.1 Å². The summed E-state index contributed by atoms with van der Waals surface area (Å²) in [6.07, 6.45) is -4.67. The number of rotatable bonds is 6. The minimum Gasteiger partial charge on any atom is -0.491 e. The highest BCUT2D eigenvalue weighted by atomic mass is 19.4. The minimum absolute atomic E-state index is 0.0548. The summed E-state index contributed by atoms with van der Waals surface area (Å²) in [4.78, 5) is 11.2. The molecular weight excluding hydrogens is 307 g/mol. The van der Waals surface area contributed by atoms with Gasteiger partial charge in [-0.05, 0) is 24.1 Å². The molecule has 0 heterocycles. The van der Waals surface area contributed by atoms with Crippen molar-refractivity contribution in [2.45, 2.75) is 18.6 Å². The summed E-state index contributed by atoms with van der Waals surface area (Å²) >= 11 is 0. The summed E-state index contributed by atoms with van der Waals surface area (Å²) in [5, 5.41) is 1.99. The van der Waals surface area contributed by atoms with Gasteiger partial charge in [-0.15, -0.1) is 0 Å². The van der Waals surface area contributed by atoms with Gasteiger partial charge < -0.3 is 10.1 Å². The van der Waals surface area contributed by atoms with E-state index < -0.39 is 18.1 Å². The number of alkyl halides is 3. The topological polar surface area (TPSA) is 38.3 Å². The Morgan fingerprint density at radius 2 is 1.57 bits per heavy atom. The van der Waals surface area contributed by atoms with E-state index in [4.69, 9.17) is 4.74 Å². The summed E-state index contributed by atoms with van der Waals surface area (Å²) in [6.45, 7) is -0.0548. The van der Waals surface area contributed by atoms with Crippen molar-refractivity contribution in [2.24, 2.45) is 0 Å². The molecule has 1 amide bonds. The Labute approximate surface area is 132 Å². The molecule has 0 unspecified atom stereocenters. The summed E-state index contributed by atoms with van der Waals surface area (Å²) < 4.78 is 42.8. The summed E-state index contributed by atoms with van der Waals surface area (Å²) in [5.41, 5.74) is 0.816. The van der Waals surface area contributed by atoms with E-state index in [2.05, 4.69) is 0 Å². The number of benzene rings is 2. The lowest BCUT2D eigenvalue weighted by Gasteiger charge is -2.20. The van der Waals surface area contributed by atoms with Gasteiger partial charge in [-0.3, -0.25) is 4.79 Å². The largest absolute Gasteiger partial charge is 0.491 e. The Morgan fingerprint density at radius 1 is 1.00 bits per heavy atom. The van der Waals surface area contributed by atoms with E-state index in [-0.39, 0.29) is 13.0 Å². The number of carbonyl (C=O) groups is 1. The van der Waals surface area contributed by atoms with Crippen molar-refractivity contribution in [3.8, 4) is 5.75 Å². The molecule has 0 spiro atoms. The van der Waals surface area contributed by atoms with Crippen molar-refractivity contribution in [1.29, 1.82) is 0 Å². The summed E-state index contributed by atoms with van der Waals surface area (Å²) in [7, 11) is 0. The molecule has 0 radical (unpaired) electrons. The Balaban J connectivity index is 2.03. The van der Waals surface area contributed by atoms with Gasteiger partial charge in [-0.25, -0.2) is 0 Å². The van der Waals surface area contributed by atoms with Gasteiger partial charge in [-0.2, -0.15) is 13.2 Å². The lowest BCUT2D eigenvalue weighted by molar-refractivity contribution is -0.174. The zero-order valence-electron chi connectivity index (χ0n) is 12.2. The van der Waals surface area contributed by atoms with Gasteiger partial charge in [0.25, 0.3) is 0 Å². The highest BCUT2D eigenvalue weighted by molar-refractivity contribution is 5.82. The van der Waals surface area contributed by atoms with Crippen LogP contribution in [0.15, 0.2) is 60.7 Å². The summed E-state index contributed by atoms with van der Waals surface area (Å²) in [5.74, 6) is -1.43. The van der Waals surface area contributed by atoms with Crippen molar-refractivity contribution in [3.63, 3.8) is 0 Å². The predicted octanol–water partition coefficient (Wildman–Crippen LogP) is 3.36. The van der Waals surface area contributed by atoms with Crippen molar-refractivity contribution in [3.05, 3.63) is 66.2 Å². The second-order valence-corrected chi connectivity index (χ2v) is 4.98. The fourth-order valence-corrected chi connectivity index (χ4v) is 2.03. The molecule has 23 heavy (non-hydrogen) atoms. The first-order valence-corrected chi connectivity index (χ1v) is 7.04. The Morgan fingerprint density at radius 3 is 2.13 bits per heavy atom. The fourth-order valence-electron chi connectivity index (χ4n) is 2.03. The molecule has 6 heteroatoms. The zero-order chi connectivity index (χ0) is 16.7. The first-order chi connectivity index (χ1) is 10.9. The van der Waals surface area contributed by atoms with E-state index in [0.717, 1.165) is 5.56 Å². The molecule has 2 rings (SSSR count). The second kappa shape index (κ2) is 7.67. The van der Waals surface area contributed by atoms with E-state index in [1.807, 2.05) is 11.4 Å². The highest BCUT2D eigenvalue weighted by Crippen LogP contribution is 2.16. The maximum absolute atomic E-state index is 12.5. The number of para-hydroxylation sites is 1. The molecule has 0 bridgehead atoms. The Bertz CT molecular complexity index is 615. The number of carbonyl (C=O) groups excluding carboxylic acids is 1. The quantitative estimate of drug-likeness (QED) is 0.885. The van der Waals surface area contributed by atoms with Crippen LogP contribution in [0.2, 0.25) is 0 Å². The van der Waals surface area contributed by atoms with Crippen LogP contribution < -0.4 is 10.1 Å². The first kappa shape index (κ1) is 16.9. The molecule has 0 aliphatic rings. The molecule has 0 aromatic heterocycles. The normalized spacial score (nSPS) is 12.5. The van der Waals surface area contributed by atoms with Crippen LogP contribution in [0.3, 0.4) is 0 Å². The number of hydrogen-bond donors (Lipinski definition) is 1. The van der Waals surface area contributed by atoms with E-state index in [1.54, 1.807) is 54.6 Å². The molecule has 0 fully saturated rings. The Kier molecular flexibility index (Phi) is 5.62. The van der Waals surface area contributed by atoms with Crippen LogP contribution in [0.4, 0.5) is 13.2 Å². The van der Waals surface area contributed by atoms with Crippen LogP contribution in [0.1, 0.15) is 5.56 Å². The SMILES string of the molecule is O=C(N[C@H](COc1ccccc1)Cc1ccccc1)C(F)(F)F. The number of ether oxygens (including phenoxy) is 1. The molecule has 0 aliphatic heterocycles. The predicted molar refractivity (Wildman–Crippen MR) is 80.1 cm³/mol. The van der Waals surface area contributed by atoms with Gasteiger partial charge in [0, 0.05) is 0 Å². The van der Waals surface area contributed by atoms with Crippen LogP contribution in [-0.4, -0.2) is 24.7 Å². The van der Waals surface area contributed by atoms with Crippen molar-refractivity contribution in [2.75, 3.05) is 6.61 Å². The molecule has 122 valence electrons. The third-order valence-electron chi connectivity index (χ3n) is 3.11. The van der Waals surface area contributed by atoms with Crippen LogP contribution >= 0.6 is 0 Å². The van der Waals surface area contributed by atoms with Crippen molar-refractivity contribution in [1.82, 2.24) is 5.32 Å². The number of hydrogen-bond acceptors (Lipinski definition) is 2. The number of amides is 1. The third-order valence-corrected chi connectivity index (χ3v) is 3.11. The molecule has 1 N–H and O–H groups in total. The highest BCUT2D eigenvalue weighted by Gasteiger charge is 2.39. The van der Waals surface area contributed by atoms with E-state index >= 15 is 0 Å². The monoisotopic (exact) mass is 323 g/mol. The average molecular weight is 323 g/mol. The van der Waals surface area contributed by atoms with E-state index in [0.29, 0.717) is 5.75 Å². The number of nitrogens with one attached hydrogen (secondary N) is 1. The van der Waals surface area contributed by atoms with Crippen LogP contribution in [0.5, 0.6) is 5.75 Å². The maximum atomic E-state index is 12.5. The fraction of sp³-hybridized carbons (Fsp3) is 0.235. The third kappa shape index (κ3) is 5.65. The molecule has 1 atom stereocenters. The minimum atomic E-state index is -4.91. The van der Waals surface area contributed by atoms with Crippen molar-refractivity contribution < 1.29 is 22.7 Å². The average Bonchev–Trinajstić information content (AvgIpc) is 2.53. The van der Waals surface area contributed by atoms with E-state index in [1.165, 1.54) is 0 Å². The second-order valence-electron chi connectivity index (χ2n) is 4.98. The maximum Gasteiger partial charge on any atom is 0.471 e. The standard InChI is InChI=1S/C17H16F3NO2/c18-17(19,20)16(22)21-14(11-13-7-3-1-4-8-13)12-23-15-9-5-2-6-10-15/h1-10,14H,11-12H2,(H,21,22)/t14-/m0/s1. The van der Waals surface area contributed by atoms with Gasteiger partial charge in [0.05, 0.1) is 6.04 Å². The molecule has 2 aromatic rings. The van der Waals surface area contributed by atoms with Gasteiger partial charge in [-0.1, -0.05) is 48.5 Å².